The first-order valence-electron chi connectivity index (χ1n) is 6.18. The molecule has 0 aromatic heterocycles. The predicted octanol–water partition coefficient (Wildman–Crippen LogP) is 2.18. The summed E-state index contributed by atoms with van der Waals surface area (Å²) in [5.41, 5.74) is 2.32. The fourth-order valence-corrected chi connectivity index (χ4v) is 1.77. The molecule has 4 heteroatoms. The lowest BCUT2D eigenvalue weighted by Crippen LogP contribution is -2.32. The predicted molar refractivity (Wildman–Crippen MR) is 69.9 cm³/mol. The molecule has 0 bridgehead atoms. The van der Waals surface area contributed by atoms with E-state index in [9.17, 15) is 4.79 Å². The number of amides is 2. The number of carbonyl (C=O) groups is 1. The van der Waals surface area contributed by atoms with Crippen LogP contribution in [0, 0.1) is 0 Å². The summed E-state index contributed by atoms with van der Waals surface area (Å²) in [7, 11) is 0. The van der Waals surface area contributed by atoms with Crippen molar-refractivity contribution in [1.82, 2.24) is 10.6 Å². The highest BCUT2D eigenvalue weighted by Gasteiger charge is 2.05. The molecule has 0 radical (unpaired) electrons. The van der Waals surface area contributed by atoms with E-state index in [1.54, 1.807) is 6.20 Å². The summed E-state index contributed by atoms with van der Waals surface area (Å²) in [5.74, 6) is 0. The molecule has 1 aliphatic rings. The quantitative estimate of drug-likeness (QED) is 0.858. The van der Waals surface area contributed by atoms with Gasteiger partial charge in [-0.15, -0.1) is 0 Å². The van der Waals surface area contributed by atoms with E-state index in [2.05, 4.69) is 10.6 Å². The summed E-state index contributed by atoms with van der Waals surface area (Å²) < 4.78 is 5.24. The summed E-state index contributed by atoms with van der Waals surface area (Å²) >= 11 is 0. The van der Waals surface area contributed by atoms with Gasteiger partial charge in [-0.2, -0.15) is 0 Å². The fraction of sp³-hybridized carbons (Fsp3) is 0.357. The second-order valence-corrected chi connectivity index (χ2v) is 4.23. The topological polar surface area (TPSA) is 50.4 Å². The molecule has 0 saturated carbocycles. The highest BCUT2D eigenvalue weighted by atomic mass is 16.5. The van der Waals surface area contributed by atoms with Crippen LogP contribution in [0.15, 0.2) is 42.1 Å². The van der Waals surface area contributed by atoms with E-state index in [1.807, 2.05) is 30.3 Å². The first-order chi connectivity index (χ1) is 8.84. The third-order valence-corrected chi connectivity index (χ3v) is 2.84. The Morgan fingerprint density at radius 3 is 2.67 bits per heavy atom. The van der Waals surface area contributed by atoms with Crippen molar-refractivity contribution in [3.05, 3.63) is 47.7 Å². The Morgan fingerprint density at radius 1 is 1.22 bits per heavy atom. The van der Waals surface area contributed by atoms with Gasteiger partial charge < -0.3 is 15.4 Å². The SMILES string of the molecule is O=C(NC=C1CCOCC1)NCc1ccccc1. The van der Waals surface area contributed by atoms with Crippen molar-refractivity contribution < 1.29 is 9.53 Å². The molecule has 96 valence electrons. The first-order valence-corrected chi connectivity index (χ1v) is 6.18. The van der Waals surface area contributed by atoms with Crippen molar-refractivity contribution in [2.75, 3.05) is 13.2 Å². The lowest BCUT2D eigenvalue weighted by molar-refractivity contribution is 0.119. The van der Waals surface area contributed by atoms with Crippen LogP contribution in [0.1, 0.15) is 18.4 Å². The van der Waals surface area contributed by atoms with Gasteiger partial charge >= 0.3 is 6.03 Å². The minimum Gasteiger partial charge on any atom is -0.381 e. The van der Waals surface area contributed by atoms with Crippen LogP contribution in [0.25, 0.3) is 0 Å². The van der Waals surface area contributed by atoms with Crippen molar-refractivity contribution >= 4 is 6.03 Å². The molecule has 1 aliphatic heterocycles. The Labute approximate surface area is 107 Å². The Kier molecular flexibility index (Phi) is 4.78. The van der Waals surface area contributed by atoms with E-state index in [0.717, 1.165) is 31.6 Å². The van der Waals surface area contributed by atoms with Crippen molar-refractivity contribution in [2.24, 2.45) is 0 Å². The molecular formula is C14H18N2O2. The zero-order valence-electron chi connectivity index (χ0n) is 10.3. The van der Waals surface area contributed by atoms with Crippen molar-refractivity contribution in [2.45, 2.75) is 19.4 Å². The molecule has 1 aromatic rings. The Morgan fingerprint density at radius 2 is 1.94 bits per heavy atom. The average molecular weight is 246 g/mol. The molecule has 2 amide bonds. The Hall–Kier alpha value is -1.81. The molecule has 18 heavy (non-hydrogen) atoms. The molecule has 0 atom stereocenters. The molecule has 0 unspecified atom stereocenters. The largest absolute Gasteiger partial charge is 0.381 e. The molecule has 1 fully saturated rings. The molecule has 0 aliphatic carbocycles. The maximum Gasteiger partial charge on any atom is 0.319 e. The molecule has 4 nitrogen and oxygen atoms in total. The van der Waals surface area contributed by atoms with Gasteiger partial charge in [0.25, 0.3) is 0 Å². The summed E-state index contributed by atoms with van der Waals surface area (Å²) in [6.45, 7) is 2.04. The lowest BCUT2D eigenvalue weighted by atomic mass is 10.1. The Balaban J connectivity index is 1.72. The van der Waals surface area contributed by atoms with E-state index in [0.29, 0.717) is 6.54 Å². The summed E-state index contributed by atoms with van der Waals surface area (Å²) in [6, 6.07) is 9.67. The number of hydrogen-bond donors (Lipinski definition) is 2. The van der Waals surface area contributed by atoms with Crippen LogP contribution >= 0.6 is 0 Å². The van der Waals surface area contributed by atoms with Crippen molar-refractivity contribution in [1.29, 1.82) is 0 Å². The van der Waals surface area contributed by atoms with Crippen LogP contribution in [-0.2, 0) is 11.3 Å². The van der Waals surface area contributed by atoms with E-state index in [4.69, 9.17) is 4.74 Å². The number of rotatable bonds is 3. The second kappa shape index (κ2) is 6.81. The third kappa shape index (κ3) is 4.22. The number of nitrogens with one attached hydrogen (secondary N) is 2. The van der Waals surface area contributed by atoms with Crippen LogP contribution in [0.2, 0.25) is 0 Å². The maximum absolute atomic E-state index is 11.6. The Bertz CT molecular complexity index is 407. The summed E-state index contributed by atoms with van der Waals surface area (Å²) in [5, 5.41) is 5.57. The van der Waals surface area contributed by atoms with Crippen molar-refractivity contribution in [3.8, 4) is 0 Å². The van der Waals surface area contributed by atoms with Gasteiger partial charge in [-0.1, -0.05) is 30.3 Å². The monoisotopic (exact) mass is 246 g/mol. The van der Waals surface area contributed by atoms with E-state index < -0.39 is 0 Å². The van der Waals surface area contributed by atoms with Crippen LogP contribution in [0.3, 0.4) is 0 Å². The number of benzene rings is 1. The van der Waals surface area contributed by atoms with Gasteiger partial charge in [0.1, 0.15) is 0 Å². The van der Waals surface area contributed by atoms with Gasteiger partial charge in [0.2, 0.25) is 0 Å². The van der Waals surface area contributed by atoms with E-state index in [-0.39, 0.29) is 6.03 Å². The van der Waals surface area contributed by atoms with Crippen LogP contribution in [0.4, 0.5) is 4.79 Å². The van der Waals surface area contributed by atoms with Crippen LogP contribution in [-0.4, -0.2) is 19.2 Å². The smallest absolute Gasteiger partial charge is 0.319 e. The average Bonchev–Trinajstić information content (AvgIpc) is 2.45. The standard InChI is InChI=1S/C14H18N2O2/c17-14(15-10-12-4-2-1-3-5-12)16-11-13-6-8-18-9-7-13/h1-5,11H,6-10H2,(H2,15,16,17). The number of urea groups is 1. The lowest BCUT2D eigenvalue weighted by Gasteiger charge is -2.14. The fourth-order valence-electron chi connectivity index (χ4n) is 1.77. The van der Waals surface area contributed by atoms with Gasteiger partial charge in [0.05, 0.1) is 13.2 Å². The van der Waals surface area contributed by atoms with Gasteiger partial charge in [-0.3, -0.25) is 0 Å². The molecule has 2 rings (SSSR count). The van der Waals surface area contributed by atoms with Gasteiger partial charge in [-0.25, -0.2) is 4.79 Å². The van der Waals surface area contributed by atoms with Gasteiger partial charge in [0.15, 0.2) is 0 Å². The van der Waals surface area contributed by atoms with E-state index in [1.165, 1.54) is 5.57 Å². The molecule has 0 spiro atoms. The highest BCUT2D eigenvalue weighted by molar-refractivity contribution is 5.74. The molecule has 1 aromatic carbocycles. The third-order valence-electron chi connectivity index (χ3n) is 2.84. The van der Waals surface area contributed by atoms with Crippen LogP contribution < -0.4 is 10.6 Å². The molecule has 1 heterocycles. The zero-order chi connectivity index (χ0) is 12.6. The molecular weight excluding hydrogens is 228 g/mol. The normalized spacial score (nSPS) is 15.0. The van der Waals surface area contributed by atoms with Crippen LogP contribution in [0.5, 0.6) is 0 Å². The maximum atomic E-state index is 11.6. The van der Waals surface area contributed by atoms with Crippen molar-refractivity contribution in [3.63, 3.8) is 0 Å². The summed E-state index contributed by atoms with van der Waals surface area (Å²) in [6.07, 6.45) is 3.60. The van der Waals surface area contributed by atoms with Gasteiger partial charge in [0, 0.05) is 12.7 Å². The van der Waals surface area contributed by atoms with E-state index >= 15 is 0 Å². The number of carbonyl (C=O) groups excluding carboxylic acids is 1. The summed E-state index contributed by atoms with van der Waals surface area (Å²) in [4.78, 5) is 11.6. The molecule has 2 N–H and O–H groups in total. The number of ether oxygens (including phenoxy) is 1. The first kappa shape index (κ1) is 12.6. The minimum absolute atomic E-state index is 0.169. The minimum atomic E-state index is -0.169. The second-order valence-electron chi connectivity index (χ2n) is 4.23. The highest BCUT2D eigenvalue weighted by Crippen LogP contribution is 2.11. The molecule has 1 saturated heterocycles. The zero-order valence-corrected chi connectivity index (χ0v) is 10.3. The number of hydrogen-bond acceptors (Lipinski definition) is 2. The van der Waals surface area contributed by atoms with Gasteiger partial charge in [-0.05, 0) is 24.0 Å².